The van der Waals surface area contributed by atoms with Crippen molar-refractivity contribution in [3.05, 3.63) is 92.1 Å². The molecule has 0 amide bonds. The van der Waals surface area contributed by atoms with Crippen molar-refractivity contribution < 1.29 is 39.6 Å². The van der Waals surface area contributed by atoms with E-state index in [1.54, 1.807) is 12.1 Å². The normalized spacial score (nSPS) is 10.5. The van der Waals surface area contributed by atoms with Crippen LogP contribution in [-0.2, 0) is 32.0 Å². The second kappa shape index (κ2) is 13.8. The van der Waals surface area contributed by atoms with E-state index >= 15 is 0 Å². The predicted molar refractivity (Wildman–Crippen MR) is 162 cm³/mol. The molecule has 8 nitrogen and oxygen atoms in total. The first-order chi connectivity index (χ1) is 18.1. The maximum atomic E-state index is 11.4. The Morgan fingerprint density at radius 3 is 1.28 bits per heavy atom. The van der Waals surface area contributed by atoms with Gasteiger partial charge in [0.25, 0.3) is 0 Å². The third kappa shape index (κ3) is 8.99. The van der Waals surface area contributed by atoms with Crippen molar-refractivity contribution in [2.24, 2.45) is 0 Å². The zero-order valence-electron chi connectivity index (χ0n) is 20.3. The Morgan fingerprint density at radius 2 is 1.00 bits per heavy atom. The molecule has 0 bridgehead atoms. The Hall–Kier alpha value is -3.06. The van der Waals surface area contributed by atoms with Gasteiger partial charge in [0.15, 0.2) is 0 Å². The molecule has 0 unspecified atom stereocenters. The van der Waals surface area contributed by atoms with Crippen LogP contribution in [-0.4, -0.2) is 59.3 Å². The molecule has 0 atom stereocenters. The number of hydrogen-bond donors (Lipinski definition) is 4. The van der Waals surface area contributed by atoms with E-state index in [0.717, 1.165) is 23.5 Å². The van der Waals surface area contributed by atoms with Crippen molar-refractivity contribution in [2.75, 3.05) is 0 Å². The van der Waals surface area contributed by atoms with Crippen molar-refractivity contribution in [1.29, 1.82) is 0 Å². The van der Waals surface area contributed by atoms with Gasteiger partial charge in [-0.1, -0.05) is 0 Å². The number of thiophene rings is 2. The molecule has 0 spiro atoms. The molecule has 39 heavy (non-hydrogen) atoms. The van der Waals surface area contributed by atoms with Gasteiger partial charge in [-0.25, -0.2) is 0 Å². The van der Waals surface area contributed by atoms with Crippen molar-refractivity contribution in [2.45, 2.75) is 12.8 Å². The first-order valence-corrected chi connectivity index (χ1v) is 15.4. The number of carboxylic acid groups (broad SMARTS) is 4. The molecule has 2 aromatic heterocycles. The average Bonchev–Trinajstić information content (AvgIpc) is 3.42. The molecule has 0 saturated carbocycles. The van der Waals surface area contributed by atoms with Gasteiger partial charge < -0.3 is 0 Å². The van der Waals surface area contributed by atoms with Crippen LogP contribution in [0.1, 0.15) is 30.6 Å². The van der Waals surface area contributed by atoms with E-state index in [4.69, 9.17) is 10.2 Å². The predicted octanol–water partition coefficient (Wildman–Crippen LogP) is 6.01. The Labute approximate surface area is 247 Å². The third-order valence-corrected chi connectivity index (χ3v) is 11.7. The number of rotatable bonds is 16. The van der Waals surface area contributed by atoms with Crippen LogP contribution in [0.3, 0.4) is 0 Å². The van der Waals surface area contributed by atoms with Gasteiger partial charge in [-0.15, -0.1) is 0 Å². The number of carbonyl (C=O) groups is 4. The number of aliphatic carboxylic acids is 4. The van der Waals surface area contributed by atoms with E-state index < -0.39 is 38.8 Å². The molecule has 2 heterocycles. The van der Waals surface area contributed by atoms with Crippen LogP contribution in [0.15, 0.2) is 61.4 Å². The summed E-state index contributed by atoms with van der Waals surface area (Å²) in [6.07, 6.45) is -0.582. The van der Waals surface area contributed by atoms with E-state index in [1.165, 1.54) is 22.7 Å². The molecular weight excluding hydrogens is 648 g/mol. The van der Waals surface area contributed by atoms with E-state index in [1.807, 2.05) is 0 Å². The quantitative estimate of drug-likeness (QED) is 0.124. The summed E-state index contributed by atoms with van der Waals surface area (Å²) >= 11 is 3.74. The number of hydrogen-bond acceptors (Lipinski definition) is 8. The van der Waals surface area contributed by atoms with Gasteiger partial charge in [0.05, 0.1) is 0 Å². The second-order valence-corrected chi connectivity index (χ2v) is 14.5. The molecule has 0 radical (unpaired) electrons. The van der Waals surface area contributed by atoms with Gasteiger partial charge in [-0.05, 0) is 0 Å². The molecule has 0 saturated heterocycles. The fraction of sp³-hybridized carbons (Fsp3) is 0.0769. The molecule has 0 aliphatic rings. The molecule has 2 aromatic rings. The monoisotopic (exact) mass is 670 g/mol. The summed E-state index contributed by atoms with van der Waals surface area (Å²) in [4.78, 5) is 48.0. The SMILES string of the molecule is C=C(SC(=C)c1sc(C(=C)[Se]C(=C)c2cc(CC(=O)O)c(C(=C)SC(=C)C(=O)O)s2)cc1CC(=O)O)C(=O)O. The fourth-order valence-corrected chi connectivity index (χ4v) is 8.71. The van der Waals surface area contributed by atoms with Gasteiger partial charge in [-0.3, -0.25) is 0 Å². The van der Waals surface area contributed by atoms with Crippen LogP contribution in [0, 0.1) is 0 Å². The van der Waals surface area contributed by atoms with Crippen LogP contribution in [0.4, 0.5) is 0 Å². The van der Waals surface area contributed by atoms with Gasteiger partial charge in [0.2, 0.25) is 0 Å². The van der Waals surface area contributed by atoms with Gasteiger partial charge in [-0.2, -0.15) is 0 Å². The summed E-state index contributed by atoms with van der Waals surface area (Å²) in [5.74, 6) is -4.52. The third-order valence-electron chi connectivity index (χ3n) is 4.57. The summed E-state index contributed by atoms with van der Waals surface area (Å²) in [5, 5.41) is 36.9. The van der Waals surface area contributed by atoms with Crippen LogP contribution < -0.4 is 0 Å². The summed E-state index contributed by atoms with van der Waals surface area (Å²) in [6.45, 7) is 23.0. The Balaban J connectivity index is 2.33. The zero-order chi connectivity index (χ0) is 29.6. The van der Waals surface area contributed by atoms with Crippen molar-refractivity contribution in [3.63, 3.8) is 0 Å². The summed E-state index contributed by atoms with van der Waals surface area (Å²) in [7, 11) is 0. The summed E-state index contributed by atoms with van der Waals surface area (Å²) in [6, 6.07) is 3.37. The first kappa shape index (κ1) is 32.2. The Kier molecular flexibility index (Phi) is 11.4. The molecule has 0 aliphatic heterocycles. The molecule has 13 heteroatoms. The van der Waals surface area contributed by atoms with Crippen LogP contribution >= 0.6 is 46.2 Å². The molecule has 4 N–H and O–H groups in total. The molecule has 0 fully saturated rings. The van der Waals surface area contributed by atoms with E-state index in [0.29, 0.717) is 49.4 Å². The maximum absolute atomic E-state index is 11.4. The summed E-state index contributed by atoms with van der Waals surface area (Å²) in [5.41, 5.74) is 0.935. The molecular formula is C26H22O8S4Se. The Morgan fingerprint density at radius 1 is 0.667 bits per heavy atom. The van der Waals surface area contributed by atoms with Crippen LogP contribution in [0.25, 0.3) is 18.8 Å². The summed E-state index contributed by atoms with van der Waals surface area (Å²) < 4.78 is 1.35. The molecule has 2 rings (SSSR count). The zero-order valence-corrected chi connectivity index (χ0v) is 25.3. The molecule has 0 aliphatic carbocycles. The fourth-order valence-electron chi connectivity index (χ4n) is 2.92. The van der Waals surface area contributed by atoms with Crippen LogP contribution in [0.5, 0.6) is 0 Å². The van der Waals surface area contributed by atoms with Gasteiger partial charge >= 0.3 is 248 Å². The van der Waals surface area contributed by atoms with Crippen LogP contribution in [0.2, 0.25) is 0 Å². The van der Waals surface area contributed by atoms with Gasteiger partial charge in [0, 0.05) is 0 Å². The van der Waals surface area contributed by atoms with E-state index in [2.05, 4.69) is 39.5 Å². The number of carboxylic acids is 4. The van der Waals surface area contributed by atoms with Crippen molar-refractivity contribution in [3.8, 4) is 0 Å². The minimum absolute atomic E-state index is 0.148. The van der Waals surface area contributed by atoms with Crippen molar-refractivity contribution >= 4 is 104 Å². The van der Waals surface area contributed by atoms with Gasteiger partial charge in [0.1, 0.15) is 0 Å². The average molecular weight is 670 g/mol. The molecule has 204 valence electrons. The Bertz CT molecular complexity index is 1350. The standard InChI is InChI=1S/C26H22O8S4Se/c1-11(35-13(3)25(31)32)23-17(9-21(27)28)7-19(37-23)15(5)39-16(6)20-8-18(10-22(29)30)24(38-20)12(2)36-14(4)26(33)34/h7-8H,1-6,9-10H2,(H,27,28)(H,29,30)(H,31,32)(H,33,34). The molecule has 0 aromatic carbocycles. The van der Waals surface area contributed by atoms with E-state index in [9.17, 15) is 29.4 Å². The topological polar surface area (TPSA) is 149 Å². The van der Waals surface area contributed by atoms with Crippen molar-refractivity contribution in [1.82, 2.24) is 0 Å². The number of thioether (sulfide) groups is 2. The minimum atomic E-state index is -1.20. The van der Waals surface area contributed by atoms with E-state index in [-0.39, 0.29) is 22.7 Å². The first-order valence-electron chi connectivity index (χ1n) is 10.4. The second-order valence-electron chi connectivity index (χ2n) is 7.53.